The Labute approximate surface area is 133 Å². The number of morpholine rings is 1. The highest BCUT2D eigenvalue weighted by atomic mass is 79.9. The Morgan fingerprint density at radius 2 is 2.33 bits per heavy atom. The van der Waals surface area contributed by atoms with Crippen molar-refractivity contribution < 1.29 is 14.6 Å². The van der Waals surface area contributed by atoms with Crippen LogP contribution in [0.2, 0.25) is 0 Å². The largest absolute Gasteiger partial charge is 0.394 e. The van der Waals surface area contributed by atoms with Gasteiger partial charge in [-0.2, -0.15) is 0 Å². The van der Waals surface area contributed by atoms with E-state index in [1.807, 2.05) is 43.0 Å². The minimum atomic E-state index is -0.359. The van der Waals surface area contributed by atoms with Crippen LogP contribution in [-0.2, 0) is 9.53 Å². The summed E-state index contributed by atoms with van der Waals surface area (Å²) in [6.45, 7) is 5.41. The molecule has 0 saturated carbocycles. The lowest BCUT2D eigenvalue weighted by Gasteiger charge is -2.41. The van der Waals surface area contributed by atoms with Crippen LogP contribution >= 0.6 is 15.9 Å². The van der Waals surface area contributed by atoms with Crippen LogP contribution in [0.4, 0.5) is 5.69 Å². The molecule has 2 N–H and O–H groups in total. The van der Waals surface area contributed by atoms with Crippen molar-refractivity contribution in [2.75, 3.05) is 31.6 Å². The van der Waals surface area contributed by atoms with E-state index in [2.05, 4.69) is 21.2 Å². The number of aliphatic hydroxyl groups excluding tert-OH is 1. The molecule has 5 nitrogen and oxygen atoms in total. The zero-order valence-electron chi connectivity index (χ0n) is 12.3. The van der Waals surface area contributed by atoms with Gasteiger partial charge in [-0.05, 0) is 32.0 Å². The highest BCUT2D eigenvalue weighted by molar-refractivity contribution is 9.10. The number of carbonyl (C=O) groups is 1. The van der Waals surface area contributed by atoms with Gasteiger partial charge in [-0.25, -0.2) is 0 Å². The molecular weight excluding hydrogens is 336 g/mol. The highest BCUT2D eigenvalue weighted by Crippen LogP contribution is 2.21. The van der Waals surface area contributed by atoms with Crippen molar-refractivity contribution >= 4 is 27.5 Å². The molecule has 1 unspecified atom stereocenters. The van der Waals surface area contributed by atoms with Gasteiger partial charge < -0.3 is 15.2 Å². The van der Waals surface area contributed by atoms with Crippen LogP contribution in [0, 0.1) is 0 Å². The quantitative estimate of drug-likeness (QED) is 0.864. The van der Waals surface area contributed by atoms with Crippen LogP contribution in [0.5, 0.6) is 0 Å². The van der Waals surface area contributed by atoms with Gasteiger partial charge >= 0.3 is 0 Å². The van der Waals surface area contributed by atoms with Gasteiger partial charge in [-0.15, -0.1) is 0 Å². The molecule has 6 heteroatoms. The van der Waals surface area contributed by atoms with Crippen LogP contribution in [0.1, 0.15) is 13.8 Å². The predicted molar refractivity (Wildman–Crippen MR) is 85.2 cm³/mol. The van der Waals surface area contributed by atoms with Crippen LogP contribution in [0.15, 0.2) is 28.7 Å². The number of aliphatic hydroxyl groups is 1. The van der Waals surface area contributed by atoms with Crippen molar-refractivity contribution in [3.05, 3.63) is 28.7 Å². The van der Waals surface area contributed by atoms with Gasteiger partial charge in [0.15, 0.2) is 0 Å². The van der Waals surface area contributed by atoms with Gasteiger partial charge in [0, 0.05) is 23.2 Å². The van der Waals surface area contributed by atoms with E-state index in [-0.39, 0.29) is 30.8 Å². The maximum absolute atomic E-state index is 12.1. The van der Waals surface area contributed by atoms with Crippen molar-refractivity contribution in [2.24, 2.45) is 0 Å². The van der Waals surface area contributed by atoms with Crippen molar-refractivity contribution in [1.29, 1.82) is 0 Å². The second kappa shape index (κ2) is 6.87. The van der Waals surface area contributed by atoms with Gasteiger partial charge in [0.05, 0.1) is 24.9 Å². The monoisotopic (exact) mass is 356 g/mol. The fraction of sp³-hybridized carbons (Fsp3) is 0.533. The standard InChI is InChI=1S/C15H21BrN2O3/c1-15(2)10-18(7-13(9-19)21-15)8-14(20)17-12-5-3-4-11(16)6-12/h3-6,13,19H,7-10H2,1-2H3,(H,17,20). The molecular formula is C15H21BrN2O3. The molecule has 1 aliphatic rings. The number of amides is 1. The van der Waals surface area contributed by atoms with E-state index in [0.717, 1.165) is 10.2 Å². The van der Waals surface area contributed by atoms with Crippen molar-refractivity contribution in [2.45, 2.75) is 25.6 Å². The molecule has 1 aromatic rings. The molecule has 0 aliphatic carbocycles. The summed E-state index contributed by atoms with van der Waals surface area (Å²) in [6.07, 6.45) is -0.243. The molecule has 0 spiro atoms. The molecule has 0 radical (unpaired) electrons. The summed E-state index contributed by atoms with van der Waals surface area (Å²) in [5, 5.41) is 12.2. The van der Waals surface area contributed by atoms with E-state index in [4.69, 9.17) is 4.74 Å². The topological polar surface area (TPSA) is 61.8 Å². The number of ether oxygens (including phenoxy) is 1. The fourth-order valence-electron chi connectivity index (χ4n) is 2.60. The second-order valence-electron chi connectivity index (χ2n) is 5.91. The van der Waals surface area contributed by atoms with Crippen LogP contribution < -0.4 is 5.32 Å². The molecule has 1 heterocycles. The lowest BCUT2D eigenvalue weighted by Crippen LogP contribution is -2.55. The molecule has 21 heavy (non-hydrogen) atoms. The number of nitrogens with one attached hydrogen (secondary N) is 1. The average molecular weight is 357 g/mol. The molecule has 1 aliphatic heterocycles. The van der Waals surface area contributed by atoms with Gasteiger partial charge in [0.2, 0.25) is 5.91 Å². The Morgan fingerprint density at radius 3 is 3.00 bits per heavy atom. The minimum Gasteiger partial charge on any atom is -0.394 e. The molecule has 1 fully saturated rings. The third kappa shape index (κ3) is 5.07. The van der Waals surface area contributed by atoms with Gasteiger partial charge in [-0.3, -0.25) is 9.69 Å². The lowest BCUT2D eigenvalue weighted by molar-refractivity contribution is -0.151. The second-order valence-corrected chi connectivity index (χ2v) is 6.83. The molecule has 1 saturated heterocycles. The number of anilines is 1. The van der Waals surface area contributed by atoms with E-state index < -0.39 is 0 Å². The summed E-state index contributed by atoms with van der Waals surface area (Å²) < 4.78 is 6.66. The number of halogens is 1. The van der Waals surface area contributed by atoms with Crippen LogP contribution in [-0.4, -0.2) is 53.9 Å². The molecule has 2 rings (SSSR count). The Kier molecular flexibility index (Phi) is 5.37. The third-order valence-electron chi connectivity index (χ3n) is 3.23. The number of carbonyl (C=O) groups excluding carboxylic acids is 1. The van der Waals surface area contributed by atoms with E-state index in [1.165, 1.54) is 0 Å². The smallest absolute Gasteiger partial charge is 0.238 e. The van der Waals surface area contributed by atoms with Crippen LogP contribution in [0.25, 0.3) is 0 Å². The predicted octanol–water partition coefficient (Wildman–Crippen LogP) is 1.86. The SMILES string of the molecule is CC1(C)CN(CC(=O)Nc2cccc(Br)c2)CC(CO)O1. The first-order valence-corrected chi connectivity index (χ1v) is 7.74. The average Bonchev–Trinajstić information content (AvgIpc) is 2.36. The van der Waals surface area contributed by atoms with Gasteiger partial charge in [0.25, 0.3) is 0 Å². The van der Waals surface area contributed by atoms with E-state index in [0.29, 0.717) is 13.1 Å². The molecule has 1 aromatic carbocycles. The van der Waals surface area contributed by atoms with Gasteiger partial charge in [-0.1, -0.05) is 22.0 Å². The Bertz CT molecular complexity index is 507. The molecule has 1 atom stereocenters. The third-order valence-corrected chi connectivity index (χ3v) is 3.72. The molecule has 0 aromatic heterocycles. The summed E-state index contributed by atoms with van der Waals surface area (Å²) in [4.78, 5) is 14.1. The lowest BCUT2D eigenvalue weighted by atomic mass is 10.1. The first kappa shape index (κ1) is 16.4. The van der Waals surface area contributed by atoms with E-state index in [9.17, 15) is 9.90 Å². The first-order valence-electron chi connectivity index (χ1n) is 6.94. The molecule has 0 bridgehead atoms. The highest BCUT2D eigenvalue weighted by Gasteiger charge is 2.33. The van der Waals surface area contributed by atoms with E-state index in [1.54, 1.807) is 0 Å². The molecule has 116 valence electrons. The molecule has 1 amide bonds. The summed E-state index contributed by atoms with van der Waals surface area (Å²) in [5.41, 5.74) is 0.405. The maximum atomic E-state index is 12.1. The van der Waals surface area contributed by atoms with Crippen molar-refractivity contribution in [3.8, 4) is 0 Å². The zero-order valence-corrected chi connectivity index (χ0v) is 13.9. The summed E-state index contributed by atoms with van der Waals surface area (Å²) in [6, 6.07) is 7.49. The number of hydrogen-bond acceptors (Lipinski definition) is 4. The van der Waals surface area contributed by atoms with Crippen molar-refractivity contribution in [1.82, 2.24) is 4.90 Å². The Balaban J connectivity index is 1.92. The van der Waals surface area contributed by atoms with Crippen molar-refractivity contribution in [3.63, 3.8) is 0 Å². The number of nitrogens with zero attached hydrogens (tertiary/aromatic N) is 1. The van der Waals surface area contributed by atoms with Crippen LogP contribution in [0.3, 0.4) is 0 Å². The van der Waals surface area contributed by atoms with E-state index >= 15 is 0 Å². The Morgan fingerprint density at radius 1 is 1.57 bits per heavy atom. The number of hydrogen-bond donors (Lipinski definition) is 2. The normalized spacial score (nSPS) is 22.0. The first-order chi connectivity index (χ1) is 9.88. The Hall–Kier alpha value is -0.950. The fourth-order valence-corrected chi connectivity index (χ4v) is 3.00. The zero-order chi connectivity index (χ0) is 15.5. The minimum absolute atomic E-state index is 0.0345. The number of rotatable bonds is 4. The van der Waals surface area contributed by atoms with Gasteiger partial charge in [0.1, 0.15) is 0 Å². The summed E-state index contributed by atoms with van der Waals surface area (Å²) in [7, 11) is 0. The summed E-state index contributed by atoms with van der Waals surface area (Å²) >= 11 is 3.38. The maximum Gasteiger partial charge on any atom is 0.238 e. The summed E-state index contributed by atoms with van der Waals surface area (Å²) in [5.74, 6) is -0.0671. The number of benzene rings is 1.